The van der Waals surface area contributed by atoms with E-state index in [2.05, 4.69) is 28.5 Å². The van der Waals surface area contributed by atoms with Crippen LogP contribution in [0.3, 0.4) is 0 Å². The minimum absolute atomic E-state index is 0.382. The van der Waals surface area contributed by atoms with Gasteiger partial charge in [-0.1, -0.05) is 0 Å². The Bertz CT molecular complexity index is 275. The summed E-state index contributed by atoms with van der Waals surface area (Å²) < 4.78 is 5.96. The van der Waals surface area contributed by atoms with Gasteiger partial charge in [0.2, 0.25) is 0 Å². The van der Waals surface area contributed by atoms with Crippen LogP contribution in [0.5, 0.6) is 0 Å². The average Bonchev–Trinajstić information content (AvgIpc) is 2.65. The van der Waals surface area contributed by atoms with Crippen molar-refractivity contribution in [3.63, 3.8) is 0 Å². The number of morpholine rings is 1. The molecule has 0 radical (unpaired) electrons. The quantitative estimate of drug-likeness (QED) is 0.774. The lowest BCUT2D eigenvalue weighted by atomic mass is 10.2. The normalized spacial score (nSPS) is 27.9. The van der Waals surface area contributed by atoms with Gasteiger partial charge in [-0.3, -0.25) is 9.80 Å². The molecule has 0 aromatic rings. The van der Waals surface area contributed by atoms with Crippen LogP contribution in [0, 0.1) is 0 Å². The van der Waals surface area contributed by atoms with E-state index in [-0.39, 0.29) is 0 Å². The number of hydrogen-bond acceptors (Lipinski definition) is 5. The molecule has 20 heavy (non-hydrogen) atoms. The molecule has 0 aliphatic carbocycles. The van der Waals surface area contributed by atoms with E-state index in [0.29, 0.717) is 12.1 Å². The summed E-state index contributed by atoms with van der Waals surface area (Å²) in [4.78, 5) is 7.60. The third-order valence-electron chi connectivity index (χ3n) is 4.49. The summed E-state index contributed by atoms with van der Waals surface area (Å²) in [6.45, 7) is 15.2. The topological polar surface area (TPSA) is 45.0 Å². The molecule has 0 bridgehead atoms. The molecule has 2 N–H and O–H groups in total. The van der Waals surface area contributed by atoms with E-state index in [9.17, 15) is 0 Å². The Morgan fingerprint density at radius 1 is 1.10 bits per heavy atom. The Hall–Kier alpha value is -0.200. The van der Waals surface area contributed by atoms with Crippen LogP contribution >= 0.6 is 0 Å². The van der Waals surface area contributed by atoms with Gasteiger partial charge in [0.1, 0.15) is 0 Å². The first-order valence-electron chi connectivity index (χ1n) is 8.19. The average molecular weight is 284 g/mol. The molecule has 1 atom stereocenters. The van der Waals surface area contributed by atoms with Gasteiger partial charge < -0.3 is 15.4 Å². The lowest BCUT2D eigenvalue weighted by Crippen LogP contribution is -2.50. The zero-order chi connectivity index (χ0) is 14.4. The summed E-state index contributed by atoms with van der Waals surface area (Å²) in [5, 5.41) is 0. The van der Waals surface area contributed by atoms with Crippen molar-refractivity contribution in [3.05, 3.63) is 0 Å². The van der Waals surface area contributed by atoms with Crippen LogP contribution < -0.4 is 5.73 Å². The minimum atomic E-state index is 0.382. The Labute approximate surface area is 124 Å². The van der Waals surface area contributed by atoms with Crippen LogP contribution in [-0.4, -0.2) is 92.4 Å². The standard InChI is InChI=1S/C15H32N4O/c1-14(2)19-10-11-20-15(13-19)12-18-6-3-5-17(7-4-16)8-9-18/h14-15H,3-13,16H2,1-2H3. The van der Waals surface area contributed by atoms with E-state index in [1.807, 2.05) is 0 Å². The highest BCUT2D eigenvalue weighted by Crippen LogP contribution is 2.11. The van der Waals surface area contributed by atoms with Crippen molar-refractivity contribution in [1.29, 1.82) is 0 Å². The van der Waals surface area contributed by atoms with E-state index in [4.69, 9.17) is 10.5 Å². The van der Waals surface area contributed by atoms with E-state index in [0.717, 1.165) is 52.4 Å². The first-order valence-corrected chi connectivity index (χ1v) is 8.19. The maximum absolute atomic E-state index is 5.96. The molecule has 5 heteroatoms. The van der Waals surface area contributed by atoms with Gasteiger partial charge in [0, 0.05) is 51.9 Å². The predicted octanol–water partition coefficient (Wildman–Crippen LogP) is 0.0620. The maximum Gasteiger partial charge on any atom is 0.0829 e. The highest BCUT2D eigenvalue weighted by atomic mass is 16.5. The van der Waals surface area contributed by atoms with Crippen molar-refractivity contribution in [2.75, 3.05) is 65.5 Å². The van der Waals surface area contributed by atoms with Crippen molar-refractivity contribution in [3.8, 4) is 0 Å². The van der Waals surface area contributed by atoms with Crippen molar-refractivity contribution in [2.45, 2.75) is 32.4 Å². The Balaban J connectivity index is 1.75. The monoisotopic (exact) mass is 284 g/mol. The van der Waals surface area contributed by atoms with E-state index in [1.165, 1.54) is 19.5 Å². The van der Waals surface area contributed by atoms with Crippen molar-refractivity contribution in [1.82, 2.24) is 14.7 Å². The SMILES string of the molecule is CC(C)N1CCOC(CN2CCCN(CCN)CC2)C1. The summed E-state index contributed by atoms with van der Waals surface area (Å²) in [5.74, 6) is 0. The molecule has 0 amide bonds. The molecule has 2 rings (SSSR count). The number of nitrogens with two attached hydrogens (primary N) is 1. The van der Waals surface area contributed by atoms with Crippen LogP contribution in [0.15, 0.2) is 0 Å². The second-order valence-corrected chi connectivity index (χ2v) is 6.37. The summed E-state index contributed by atoms with van der Waals surface area (Å²) in [6.07, 6.45) is 1.63. The smallest absolute Gasteiger partial charge is 0.0829 e. The van der Waals surface area contributed by atoms with Gasteiger partial charge in [0.25, 0.3) is 0 Å². The van der Waals surface area contributed by atoms with Crippen molar-refractivity contribution >= 4 is 0 Å². The van der Waals surface area contributed by atoms with Crippen LogP contribution in [0.2, 0.25) is 0 Å². The zero-order valence-electron chi connectivity index (χ0n) is 13.3. The van der Waals surface area contributed by atoms with Gasteiger partial charge in [0.05, 0.1) is 12.7 Å². The van der Waals surface area contributed by atoms with Gasteiger partial charge >= 0.3 is 0 Å². The summed E-state index contributed by atoms with van der Waals surface area (Å²) in [7, 11) is 0. The third-order valence-corrected chi connectivity index (χ3v) is 4.49. The fraction of sp³-hybridized carbons (Fsp3) is 1.00. The van der Waals surface area contributed by atoms with Crippen LogP contribution in [0.1, 0.15) is 20.3 Å². The fourth-order valence-electron chi connectivity index (χ4n) is 3.22. The number of rotatable bonds is 5. The highest BCUT2D eigenvalue weighted by Gasteiger charge is 2.25. The maximum atomic E-state index is 5.96. The van der Waals surface area contributed by atoms with E-state index >= 15 is 0 Å². The lowest BCUT2D eigenvalue weighted by molar-refractivity contribution is -0.0516. The van der Waals surface area contributed by atoms with Crippen LogP contribution in [0.25, 0.3) is 0 Å². The summed E-state index contributed by atoms with van der Waals surface area (Å²) in [6, 6.07) is 0.630. The molecule has 2 saturated heterocycles. The van der Waals surface area contributed by atoms with E-state index < -0.39 is 0 Å². The predicted molar refractivity (Wildman–Crippen MR) is 83.0 cm³/mol. The molecule has 2 aliphatic heterocycles. The van der Waals surface area contributed by atoms with Gasteiger partial charge in [-0.25, -0.2) is 0 Å². The minimum Gasteiger partial charge on any atom is -0.374 e. The Kier molecular flexibility index (Phi) is 6.71. The number of nitrogens with zero attached hydrogens (tertiary/aromatic N) is 3. The molecule has 2 aliphatic rings. The summed E-state index contributed by atoms with van der Waals surface area (Å²) in [5.41, 5.74) is 5.66. The molecule has 2 fully saturated rings. The molecule has 5 nitrogen and oxygen atoms in total. The second-order valence-electron chi connectivity index (χ2n) is 6.37. The molecule has 1 unspecified atom stereocenters. The molecular weight excluding hydrogens is 252 g/mol. The molecule has 0 aromatic carbocycles. The van der Waals surface area contributed by atoms with Gasteiger partial charge in [-0.05, 0) is 33.4 Å². The third kappa shape index (κ3) is 4.97. The van der Waals surface area contributed by atoms with Gasteiger partial charge in [-0.15, -0.1) is 0 Å². The first kappa shape index (κ1) is 16.2. The van der Waals surface area contributed by atoms with Crippen LogP contribution in [-0.2, 0) is 4.74 Å². The summed E-state index contributed by atoms with van der Waals surface area (Å²) >= 11 is 0. The van der Waals surface area contributed by atoms with Crippen molar-refractivity contribution < 1.29 is 4.74 Å². The molecule has 0 aromatic heterocycles. The Morgan fingerprint density at radius 3 is 2.60 bits per heavy atom. The number of hydrogen-bond donors (Lipinski definition) is 1. The fourth-order valence-corrected chi connectivity index (χ4v) is 3.22. The van der Waals surface area contributed by atoms with Crippen molar-refractivity contribution in [2.24, 2.45) is 5.73 Å². The largest absolute Gasteiger partial charge is 0.374 e. The van der Waals surface area contributed by atoms with E-state index in [1.54, 1.807) is 0 Å². The van der Waals surface area contributed by atoms with Crippen LogP contribution in [0.4, 0.5) is 0 Å². The zero-order valence-corrected chi connectivity index (χ0v) is 13.3. The molecule has 118 valence electrons. The Morgan fingerprint density at radius 2 is 1.85 bits per heavy atom. The lowest BCUT2D eigenvalue weighted by Gasteiger charge is -2.37. The highest BCUT2D eigenvalue weighted by molar-refractivity contribution is 4.79. The van der Waals surface area contributed by atoms with Gasteiger partial charge in [-0.2, -0.15) is 0 Å². The molecule has 0 saturated carbocycles. The number of ether oxygens (including phenoxy) is 1. The molecular formula is C15H32N4O. The van der Waals surface area contributed by atoms with Gasteiger partial charge in [0.15, 0.2) is 0 Å². The molecule has 2 heterocycles. The second kappa shape index (κ2) is 8.29. The first-order chi connectivity index (χ1) is 9.69. The molecule has 0 spiro atoms.